The normalized spacial score (nSPS) is 15.0. The smallest absolute Gasteiger partial charge is 0.261 e. The Morgan fingerprint density at radius 1 is 1.04 bits per heavy atom. The summed E-state index contributed by atoms with van der Waals surface area (Å²) in [5.74, 6) is -1.61. The number of hydrogen-bond donors (Lipinski definition) is 0. The SMILES string of the molecule is CCOc1ccc(/C=C2\C(=O)N(CCC(=O)[O-])C(=O)c3ccccc32)cc1. The number of nitrogens with zero attached hydrogens (tertiary/aromatic N) is 1. The number of rotatable bonds is 6. The molecule has 0 radical (unpaired) electrons. The van der Waals surface area contributed by atoms with Gasteiger partial charge >= 0.3 is 0 Å². The van der Waals surface area contributed by atoms with Crippen molar-refractivity contribution in [2.24, 2.45) is 0 Å². The molecule has 3 rings (SSSR count). The molecule has 6 nitrogen and oxygen atoms in total. The summed E-state index contributed by atoms with van der Waals surface area (Å²) in [6.45, 7) is 2.22. The van der Waals surface area contributed by atoms with E-state index in [1.807, 2.05) is 19.1 Å². The van der Waals surface area contributed by atoms with E-state index in [9.17, 15) is 19.5 Å². The van der Waals surface area contributed by atoms with Crippen LogP contribution in [0.15, 0.2) is 48.5 Å². The molecule has 0 N–H and O–H groups in total. The standard InChI is InChI=1S/C21H19NO5/c1-2-27-15-9-7-14(8-10-15)13-18-16-5-3-4-6-17(16)20(25)22(21(18)26)12-11-19(23)24/h3-10,13H,2,11-12H2,1H3,(H,23,24)/p-1/b18-13-. The Kier molecular flexibility index (Phi) is 5.35. The molecule has 0 saturated heterocycles. The zero-order valence-corrected chi connectivity index (χ0v) is 14.8. The highest BCUT2D eigenvalue weighted by atomic mass is 16.5. The molecule has 0 saturated carbocycles. The maximum atomic E-state index is 12.9. The Bertz CT molecular complexity index is 914. The maximum Gasteiger partial charge on any atom is 0.261 e. The lowest BCUT2D eigenvalue weighted by Crippen LogP contribution is -2.43. The number of benzene rings is 2. The topological polar surface area (TPSA) is 86.7 Å². The molecule has 0 aliphatic carbocycles. The molecule has 0 bridgehead atoms. The number of fused-ring (bicyclic) bond motifs is 1. The first-order valence-corrected chi connectivity index (χ1v) is 8.61. The number of amides is 2. The second kappa shape index (κ2) is 7.86. The number of aliphatic carboxylic acids is 1. The minimum Gasteiger partial charge on any atom is -0.550 e. The molecule has 27 heavy (non-hydrogen) atoms. The van der Waals surface area contributed by atoms with E-state index in [2.05, 4.69) is 0 Å². The molecule has 1 aliphatic heterocycles. The van der Waals surface area contributed by atoms with Crippen molar-refractivity contribution in [2.75, 3.05) is 13.2 Å². The van der Waals surface area contributed by atoms with Crippen LogP contribution in [0.2, 0.25) is 0 Å². The van der Waals surface area contributed by atoms with Crippen molar-refractivity contribution in [3.05, 3.63) is 65.2 Å². The van der Waals surface area contributed by atoms with Crippen LogP contribution in [-0.4, -0.2) is 35.8 Å². The Morgan fingerprint density at radius 2 is 1.70 bits per heavy atom. The van der Waals surface area contributed by atoms with Crippen molar-refractivity contribution in [3.8, 4) is 5.75 Å². The minimum absolute atomic E-state index is 0.227. The van der Waals surface area contributed by atoms with Crippen LogP contribution in [0, 0.1) is 0 Å². The summed E-state index contributed by atoms with van der Waals surface area (Å²) >= 11 is 0. The van der Waals surface area contributed by atoms with E-state index in [1.165, 1.54) is 0 Å². The third kappa shape index (κ3) is 3.89. The number of carboxylic acids is 1. The van der Waals surface area contributed by atoms with Crippen LogP contribution in [0.5, 0.6) is 5.75 Å². The van der Waals surface area contributed by atoms with E-state index < -0.39 is 24.2 Å². The predicted molar refractivity (Wildman–Crippen MR) is 97.6 cm³/mol. The number of ether oxygens (including phenoxy) is 1. The molecular formula is C21H18NO5-. The van der Waals surface area contributed by atoms with E-state index in [-0.39, 0.29) is 6.54 Å². The molecule has 0 unspecified atom stereocenters. The molecule has 6 heteroatoms. The summed E-state index contributed by atoms with van der Waals surface area (Å²) in [6.07, 6.45) is 1.28. The summed E-state index contributed by atoms with van der Waals surface area (Å²) in [6, 6.07) is 14.0. The summed E-state index contributed by atoms with van der Waals surface area (Å²) in [7, 11) is 0. The van der Waals surface area contributed by atoms with Crippen LogP contribution in [0.1, 0.15) is 34.8 Å². The number of carboxylic acid groups (broad SMARTS) is 1. The van der Waals surface area contributed by atoms with Gasteiger partial charge in [0.2, 0.25) is 0 Å². The molecule has 138 valence electrons. The van der Waals surface area contributed by atoms with Gasteiger partial charge in [0.05, 0.1) is 6.61 Å². The van der Waals surface area contributed by atoms with Crippen LogP contribution in [0.25, 0.3) is 11.6 Å². The highest BCUT2D eigenvalue weighted by Gasteiger charge is 2.34. The molecule has 0 spiro atoms. The first-order chi connectivity index (χ1) is 13.0. The second-order valence-corrected chi connectivity index (χ2v) is 5.99. The van der Waals surface area contributed by atoms with Crippen LogP contribution >= 0.6 is 0 Å². The highest BCUT2D eigenvalue weighted by Crippen LogP contribution is 2.30. The van der Waals surface area contributed by atoms with Gasteiger partial charge < -0.3 is 14.6 Å². The zero-order chi connectivity index (χ0) is 19.4. The van der Waals surface area contributed by atoms with E-state index in [0.29, 0.717) is 23.3 Å². The van der Waals surface area contributed by atoms with Gasteiger partial charge in [0.1, 0.15) is 5.75 Å². The van der Waals surface area contributed by atoms with E-state index >= 15 is 0 Å². The van der Waals surface area contributed by atoms with Gasteiger partial charge in [-0.25, -0.2) is 0 Å². The Balaban J connectivity index is 2.01. The number of hydrogen-bond acceptors (Lipinski definition) is 5. The summed E-state index contributed by atoms with van der Waals surface area (Å²) in [5.41, 5.74) is 2.01. The highest BCUT2D eigenvalue weighted by molar-refractivity contribution is 6.33. The second-order valence-electron chi connectivity index (χ2n) is 5.99. The molecule has 2 aromatic carbocycles. The molecule has 2 amide bonds. The van der Waals surface area contributed by atoms with Gasteiger partial charge in [-0.3, -0.25) is 14.5 Å². The van der Waals surface area contributed by atoms with Crippen LogP contribution in [0.4, 0.5) is 0 Å². The predicted octanol–water partition coefficient (Wildman–Crippen LogP) is 1.75. The fourth-order valence-corrected chi connectivity index (χ4v) is 2.94. The van der Waals surface area contributed by atoms with Crippen molar-refractivity contribution in [3.63, 3.8) is 0 Å². The molecule has 2 aromatic rings. The third-order valence-corrected chi connectivity index (χ3v) is 4.21. The van der Waals surface area contributed by atoms with Crippen molar-refractivity contribution >= 4 is 29.4 Å². The van der Waals surface area contributed by atoms with Crippen LogP contribution in [0.3, 0.4) is 0 Å². The van der Waals surface area contributed by atoms with Gasteiger partial charge in [0.25, 0.3) is 11.8 Å². The number of carbonyl (C=O) groups is 3. The summed E-state index contributed by atoms with van der Waals surface area (Å²) < 4.78 is 5.41. The van der Waals surface area contributed by atoms with E-state index in [1.54, 1.807) is 42.5 Å². The summed E-state index contributed by atoms with van der Waals surface area (Å²) in [4.78, 5) is 37.2. The molecule has 1 heterocycles. The lowest BCUT2D eigenvalue weighted by Gasteiger charge is -2.28. The van der Waals surface area contributed by atoms with Crippen molar-refractivity contribution in [1.82, 2.24) is 4.90 Å². The first kappa shape index (κ1) is 18.4. The van der Waals surface area contributed by atoms with Crippen molar-refractivity contribution < 1.29 is 24.2 Å². The molecular weight excluding hydrogens is 346 g/mol. The average molecular weight is 364 g/mol. The fourth-order valence-electron chi connectivity index (χ4n) is 2.94. The molecule has 1 aliphatic rings. The fraction of sp³-hybridized carbons (Fsp3) is 0.190. The first-order valence-electron chi connectivity index (χ1n) is 8.61. The van der Waals surface area contributed by atoms with Gasteiger partial charge in [-0.15, -0.1) is 0 Å². The maximum absolute atomic E-state index is 12.9. The van der Waals surface area contributed by atoms with Gasteiger partial charge in [-0.2, -0.15) is 0 Å². The monoisotopic (exact) mass is 364 g/mol. The quantitative estimate of drug-likeness (QED) is 0.576. The van der Waals surface area contributed by atoms with Crippen LogP contribution in [-0.2, 0) is 9.59 Å². The minimum atomic E-state index is -1.31. The van der Waals surface area contributed by atoms with Crippen LogP contribution < -0.4 is 9.84 Å². The zero-order valence-electron chi connectivity index (χ0n) is 14.8. The summed E-state index contributed by atoms with van der Waals surface area (Å²) in [5, 5.41) is 10.8. The molecule has 0 fully saturated rings. The largest absolute Gasteiger partial charge is 0.550 e. The average Bonchev–Trinajstić information content (AvgIpc) is 2.66. The third-order valence-electron chi connectivity index (χ3n) is 4.21. The lowest BCUT2D eigenvalue weighted by molar-refractivity contribution is -0.305. The van der Waals surface area contributed by atoms with E-state index in [4.69, 9.17) is 4.74 Å². The number of carbonyl (C=O) groups excluding carboxylic acids is 3. The van der Waals surface area contributed by atoms with E-state index in [0.717, 1.165) is 16.2 Å². The molecule has 0 atom stereocenters. The molecule has 0 aromatic heterocycles. The van der Waals surface area contributed by atoms with Crippen molar-refractivity contribution in [2.45, 2.75) is 13.3 Å². The van der Waals surface area contributed by atoms with Gasteiger partial charge in [-0.1, -0.05) is 30.3 Å². The van der Waals surface area contributed by atoms with Gasteiger partial charge in [0, 0.05) is 30.1 Å². The van der Waals surface area contributed by atoms with Crippen molar-refractivity contribution in [1.29, 1.82) is 0 Å². The van der Waals surface area contributed by atoms with Gasteiger partial charge in [-0.05, 0) is 42.3 Å². The Hall–Kier alpha value is -3.41. The number of imide groups is 1. The van der Waals surface area contributed by atoms with Gasteiger partial charge in [0.15, 0.2) is 0 Å². The Morgan fingerprint density at radius 3 is 2.33 bits per heavy atom. The lowest BCUT2D eigenvalue weighted by atomic mass is 9.92. The Labute approximate surface area is 156 Å².